The lowest BCUT2D eigenvalue weighted by atomic mass is 9.86. The first-order valence-electron chi connectivity index (χ1n) is 10.2. The van der Waals surface area contributed by atoms with Crippen molar-refractivity contribution in [2.45, 2.75) is 76.4 Å². The summed E-state index contributed by atoms with van der Waals surface area (Å²) in [5.41, 5.74) is 0. The van der Waals surface area contributed by atoms with E-state index in [0.717, 1.165) is 44.4 Å². The summed E-state index contributed by atoms with van der Waals surface area (Å²) in [4.78, 5) is 29.6. The highest BCUT2D eigenvalue weighted by Gasteiger charge is 2.47. The van der Waals surface area contributed by atoms with E-state index in [2.05, 4.69) is 6.92 Å². The second-order valence-corrected chi connectivity index (χ2v) is 11.1. The lowest BCUT2D eigenvalue weighted by Crippen LogP contribution is -2.46. The highest BCUT2D eigenvalue weighted by Crippen LogP contribution is 2.36. The van der Waals surface area contributed by atoms with Gasteiger partial charge in [-0.15, -0.1) is 0 Å². The van der Waals surface area contributed by atoms with Crippen LogP contribution in [0, 0.1) is 11.8 Å². The third kappa shape index (κ3) is 3.64. The Morgan fingerprint density at radius 1 is 1.04 bits per heavy atom. The van der Waals surface area contributed by atoms with Crippen molar-refractivity contribution in [2.24, 2.45) is 11.8 Å². The van der Waals surface area contributed by atoms with Gasteiger partial charge in [0.25, 0.3) is 0 Å². The van der Waals surface area contributed by atoms with Gasteiger partial charge in [-0.05, 0) is 50.9 Å². The topological polar surface area (TPSA) is 74.8 Å². The zero-order valence-corrected chi connectivity index (χ0v) is 16.4. The lowest BCUT2D eigenvalue weighted by molar-refractivity contribution is -0.138. The zero-order chi connectivity index (χ0) is 18.5. The summed E-state index contributed by atoms with van der Waals surface area (Å²) in [5.74, 6) is 0.860. The van der Waals surface area contributed by atoms with E-state index in [1.165, 1.54) is 0 Å². The summed E-state index contributed by atoms with van der Waals surface area (Å²) in [6.45, 7) is 2.79. The van der Waals surface area contributed by atoms with E-state index in [1.807, 2.05) is 9.80 Å². The Morgan fingerprint density at radius 3 is 2.31 bits per heavy atom. The molecule has 2 atom stereocenters. The number of nitrogens with zero attached hydrogens (tertiary/aromatic N) is 2. The van der Waals surface area contributed by atoms with E-state index in [1.54, 1.807) is 0 Å². The van der Waals surface area contributed by atoms with E-state index in [4.69, 9.17) is 0 Å². The van der Waals surface area contributed by atoms with Gasteiger partial charge < -0.3 is 9.80 Å². The molecule has 2 saturated carbocycles. The SMILES string of the molecule is CC1CCC(N2CC(C(=O)N(C3CC3)C3CCS(=O)(=O)C3)CC2=O)CC1. The molecule has 2 heterocycles. The highest BCUT2D eigenvalue weighted by atomic mass is 32.2. The molecule has 2 unspecified atom stereocenters. The van der Waals surface area contributed by atoms with Crippen LogP contribution in [-0.4, -0.2) is 66.2 Å². The smallest absolute Gasteiger partial charge is 0.228 e. The Bertz CT molecular complexity index is 680. The summed E-state index contributed by atoms with van der Waals surface area (Å²) >= 11 is 0. The van der Waals surface area contributed by atoms with Crippen LogP contribution in [0.1, 0.15) is 58.3 Å². The molecule has 26 heavy (non-hydrogen) atoms. The minimum Gasteiger partial charge on any atom is -0.339 e. The van der Waals surface area contributed by atoms with Crippen molar-refractivity contribution in [2.75, 3.05) is 18.1 Å². The number of hydrogen-bond acceptors (Lipinski definition) is 4. The van der Waals surface area contributed by atoms with E-state index in [9.17, 15) is 18.0 Å². The first-order valence-corrected chi connectivity index (χ1v) is 12.0. The fourth-order valence-corrected chi connectivity index (χ4v) is 6.73. The predicted octanol–water partition coefficient (Wildman–Crippen LogP) is 1.59. The molecule has 0 aromatic carbocycles. The molecule has 0 spiro atoms. The third-order valence-corrected chi connectivity index (χ3v) is 8.48. The summed E-state index contributed by atoms with van der Waals surface area (Å²) in [6.07, 6.45) is 7.17. The Kier molecular flexibility index (Phi) is 4.78. The molecule has 0 radical (unpaired) electrons. The second-order valence-electron chi connectivity index (χ2n) is 8.89. The average molecular weight is 383 g/mol. The summed E-state index contributed by atoms with van der Waals surface area (Å²) in [6, 6.07) is 0.304. The van der Waals surface area contributed by atoms with Crippen LogP contribution in [0.3, 0.4) is 0 Å². The number of likely N-dealkylation sites (tertiary alicyclic amines) is 1. The summed E-state index contributed by atoms with van der Waals surface area (Å²) in [7, 11) is -3.02. The van der Waals surface area contributed by atoms with Gasteiger partial charge >= 0.3 is 0 Å². The minimum atomic E-state index is -3.02. The van der Waals surface area contributed by atoms with Crippen molar-refractivity contribution in [1.82, 2.24) is 9.80 Å². The Balaban J connectivity index is 1.43. The molecular weight excluding hydrogens is 352 g/mol. The van der Waals surface area contributed by atoms with E-state index < -0.39 is 9.84 Å². The maximum atomic E-state index is 13.2. The lowest BCUT2D eigenvalue weighted by Gasteiger charge is -2.34. The molecular formula is C19H30N2O4S. The molecule has 146 valence electrons. The molecule has 0 bridgehead atoms. The van der Waals surface area contributed by atoms with Crippen LogP contribution < -0.4 is 0 Å². The molecule has 2 aliphatic heterocycles. The normalized spacial score (nSPS) is 37.1. The highest BCUT2D eigenvalue weighted by molar-refractivity contribution is 7.91. The number of amides is 2. The van der Waals surface area contributed by atoms with Crippen LogP contribution in [0.25, 0.3) is 0 Å². The van der Waals surface area contributed by atoms with Gasteiger partial charge in [0.2, 0.25) is 11.8 Å². The molecule has 4 aliphatic rings. The first kappa shape index (κ1) is 18.3. The average Bonchev–Trinajstić information content (AvgIpc) is 3.25. The number of carbonyl (C=O) groups excluding carboxylic acids is 2. The van der Waals surface area contributed by atoms with Gasteiger partial charge in [0, 0.05) is 31.1 Å². The predicted molar refractivity (Wildman–Crippen MR) is 98.2 cm³/mol. The van der Waals surface area contributed by atoms with Crippen molar-refractivity contribution < 1.29 is 18.0 Å². The number of sulfone groups is 1. The van der Waals surface area contributed by atoms with Crippen LogP contribution in [0.15, 0.2) is 0 Å². The van der Waals surface area contributed by atoms with Crippen molar-refractivity contribution in [3.8, 4) is 0 Å². The number of hydrogen-bond donors (Lipinski definition) is 0. The second kappa shape index (κ2) is 6.80. The standard InChI is InChI=1S/C19H30N2O4S/c1-13-2-4-15(5-3-13)20-11-14(10-18(20)22)19(23)21(16-6-7-16)17-8-9-26(24,25)12-17/h13-17H,2-12H2,1H3. The van der Waals surface area contributed by atoms with Crippen LogP contribution in [0.5, 0.6) is 0 Å². The van der Waals surface area contributed by atoms with Gasteiger partial charge in [0.1, 0.15) is 0 Å². The quantitative estimate of drug-likeness (QED) is 0.740. The Hall–Kier alpha value is -1.11. The van der Waals surface area contributed by atoms with E-state index >= 15 is 0 Å². The molecule has 2 saturated heterocycles. The van der Waals surface area contributed by atoms with Crippen LogP contribution in [0.4, 0.5) is 0 Å². The number of carbonyl (C=O) groups is 2. The molecule has 2 aliphatic carbocycles. The number of rotatable bonds is 4. The minimum absolute atomic E-state index is 0.0228. The van der Waals surface area contributed by atoms with Crippen molar-refractivity contribution in [1.29, 1.82) is 0 Å². The van der Waals surface area contributed by atoms with Crippen molar-refractivity contribution in [3.63, 3.8) is 0 Å². The van der Waals surface area contributed by atoms with Gasteiger partial charge in [-0.1, -0.05) is 6.92 Å². The fourth-order valence-electron chi connectivity index (χ4n) is 5.02. The third-order valence-electron chi connectivity index (χ3n) is 6.73. The maximum absolute atomic E-state index is 13.2. The van der Waals surface area contributed by atoms with E-state index in [-0.39, 0.29) is 47.4 Å². The van der Waals surface area contributed by atoms with Crippen molar-refractivity contribution in [3.05, 3.63) is 0 Å². The molecule has 6 nitrogen and oxygen atoms in total. The van der Waals surface area contributed by atoms with Gasteiger partial charge in [-0.3, -0.25) is 9.59 Å². The van der Waals surface area contributed by atoms with Gasteiger partial charge in [0.05, 0.1) is 17.4 Å². The molecule has 4 rings (SSSR count). The Morgan fingerprint density at radius 2 is 1.73 bits per heavy atom. The van der Waals surface area contributed by atoms with Gasteiger partial charge in [-0.2, -0.15) is 0 Å². The molecule has 2 amide bonds. The summed E-state index contributed by atoms with van der Waals surface area (Å²) < 4.78 is 23.7. The molecule has 0 N–H and O–H groups in total. The fraction of sp³-hybridized carbons (Fsp3) is 0.895. The monoisotopic (exact) mass is 382 g/mol. The first-order chi connectivity index (χ1) is 12.3. The largest absolute Gasteiger partial charge is 0.339 e. The summed E-state index contributed by atoms with van der Waals surface area (Å²) in [5, 5.41) is 0. The van der Waals surface area contributed by atoms with Crippen molar-refractivity contribution >= 4 is 21.7 Å². The zero-order valence-electron chi connectivity index (χ0n) is 15.6. The molecule has 7 heteroatoms. The molecule has 4 fully saturated rings. The van der Waals surface area contributed by atoms with Crippen LogP contribution in [0.2, 0.25) is 0 Å². The maximum Gasteiger partial charge on any atom is 0.228 e. The van der Waals surface area contributed by atoms with Gasteiger partial charge in [-0.25, -0.2) is 8.42 Å². The molecule has 0 aromatic heterocycles. The molecule has 0 aromatic rings. The van der Waals surface area contributed by atoms with Crippen LogP contribution >= 0.6 is 0 Å². The van der Waals surface area contributed by atoms with Crippen LogP contribution in [-0.2, 0) is 19.4 Å². The van der Waals surface area contributed by atoms with E-state index in [0.29, 0.717) is 19.4 Å². The Labute approximate surface area is 156 Å². The van der Waals surface area contributed by atoms with Gasteiger partial charge in [0.15, 0.2) is 9.84 Å².